The number of anilines is 1. The number of hydrogen-bond donors (Lipinski definition) is 2. The molecule has 2 aromatic carbocycles. The first-order valence-corrected chi connectivity index (χ1v) is 13.0. The molecule has 188 valence electrons. The van der Waals surface area contributed by atoms with E-state index in [1.807, 2.05) is 74.5 Å². The first kappa shape index (κ1) is 25.0. The zero-order valence-electron chi connectivity index (χ0n) is 21.0. The van der Waals surface area contributed by atoms with Crippen LogP contribution in [0.3, 0.4) is 0 Å². The molecular formula is C30H28BrN3O3. The molecule has 37 heavy (non-hydrogen) atoms. The molecule has 1 aliphatic heterocycles. The molecule has 2 atom stereocenters. The van der Waals surface area contributed by atoms with Crippen molar-refractivity contribution in [1.29, 1.82) is 0 Å². The molecule has 6 nitrogen and oxygen atoms in total. The lowest BCUT2D eigenvalue weighted by Crippen LogP contribution is -2.37. The van der Waals surface area contributed by atoms with E-state index in [1.54, 1.807) is 13.2 Å². The number of ether oxygens (including phenoxy) is 1. The van der Waals surface area contributed by atoms with E-state index in [2.05, 4.69) is 31.5 Å². The fourth-order valence-electron chi connectivity index (χ4n) is 5.27. The second kappa shape index (κ2) is 10.3. The Labute approximate surface area is 225 Å². The average molecular weight is 558 g/mol. The number of ketones is 1. The van der Waals surface area contributed by atoms with Gasteiger partial charge in [-0.25, -0.2) is 4.98 Å². The lowest BCUT2D eigenvalue weighted by atomic mass is 9.71. The fraction of sp³-hybridized carbons (Fsp3) is 0.233. The smallest absolute Gasteiger partial charge is 0.255 e. The molecular weight excluding hydrogens is 530 g/mol. The third-order valence-electron chi connectivity index (χ3n) is 7.01. The zero-order chi connectivity index (χ0) is 26.1. The fourth-order valence-corrected chi connectivity index (χ4v) is 5.78. The van der Waals surface area contributed by atoms with Crippen molar-refractivity contribution in [2.24, 2.45) is 0 Å². The summed E-state index contributed by atoms with van der Waals surface area (Å²) < 4.78 is 6.15. The Balaban J connectivity index is 1.55. The quantitative estimate of drug-likeness (QED) is 0.392. The minimum absolute atomic E-state index is 0.0433. The Bertz CT molecular complexity index is 1440. The van der Waals surface area contributed by atoms with Gasteiger partial charge in [0, 0.05) is 45.0 Å². The molecule has 5 rings (SSSR count). The standard InChI is InChI=1S/C30H28BrN3O3/c1-17-7-6-10-26(32-17)34-30(36)27-18(2)33-24-15-20(19-11-13-21(37-3)14-12-19)16-25(35)29(24)28(27)22-8-4-5-9-23(22)31/h4-14,20,28,33H,15-16H2,1-3H3,(H,32,34,36). The number of amides is 1. The van der Waals surface area contributed by atoms with Crippen LogP contribution >= 0.6 is 15.9 Å². The van der Waals surface area contributed by atoms with E-state index >= 15 is 0 Å². The largest absolute Gasteiger partial charge is 0.497 e. The van der Waals surface area contributed by atoms with Crippen molar-refractivity contribution in [1.82, 2.24) is 10.3 Å². The van der Waals surface area contributed by atoms with Crippen LogP contribution in [0.1, 0.15) is 48.4 Å². The van der Waals surface area contributed by atoms with Gasteiger partial charge in [0.2, 0.25) is 0 Å². The van der Waals surface area contributed by atoms with Crippen LogP contribution in [0.4, 0.5) is 5.82 Å². The highest BCUT2D eigenvalue weighted by Gasteiger charge is 2.41. The van der Waals surface area contributed by atoms with Gasteiger partial charge in [-0.15, -0.1) is 0 Å². The van der Waals surface area contributed by atoms with Gasteiger partial charge in [-0.05, 0) is 67.6 Å². The highest BCUT2D eigenvalue weighted by molar-refractivity contribution is 9.10. The molecule has 7 heteroatoms. The molecule has 1 aromatic heterocycles. The van der Waals surface area contributed by atoms with Crippen LogP contribution in [-0.4, -0.2) is 23.8 Å². The maximum absolute atomic E-state index is 13.8. The van der Waals surface area contributed by atoms with Gasteiger partial charge >= 0.3 is 0 Å². The summed E-state index contributed by atoms with van der Waals surface area (Å²) in [6, 6.07) is 21.2. The monoisotopic (exact) mass is 557 g/mol. The predicted octanol–water partition coefficient (Wildman–Crippen LogP) is 6.16. The first-order chi connectivity index (χ1) is 17.9. The molecule has 0 saturated heterocycles. The molecule has 0 bridgehead atoms. The van der Waals surface area contributed by atoms with Crippen molar-refractivity contribution in [3.8, 4) is 5.75 Å². The average Bonchev–Trinajstić information content (AvgIpc) is 2.88. The number of nitrogens with one attached hydrogen (secondary N) is 2. The maximum Gasteiger partial charge on any atom is 0.255 e. The van der Waals surface area contributed by atoms with Crippen LogP contribution in [-0.2, 0) is 9.59 Å². The van der Waals surface area contributed by atoms with Gasteiger partial charge in [0.1, 0.15) is 11.6 Å². The molecule has 0 saturated carbocycles. The molecule has 1 aliphatic carbocycles. The minimum atomic E-state index is -0.499. The van der Waals surface area contributed by atoms with E-state index in [9.17, 15) is 9.59 Å². The van der Waals surface area contributed by atoms with Gasteiger partial charge < -0.3 is 15.4 Å². The van der Waals surface area contributed by atoms with E-state index < -0.39 is 5.92 Å². The van der Waals surface area contributed by atoms with Crippen molar-refractivity contribution in [2.75, 3.05) is 12.4 Å². The summed E-state index contributed by atoms with van der Waals surface area (Å²) in [5.74, 6) is 0.575. The number of aromatic nitrogens is 1. The van der Waals surface area contributed by atoms with Crippen molar-refractivity contribution in [2.45, 2.75) is 38.5 Å². The van der Waals surface area contributed by atoms with Crippen molar-refractivity contribution >= 4 is 33.4 Å². The Kier molecular flexibility index (Phi) is 6.98. The number of rotatable bonds is 5. The number of halogens is 1. The maximum atomic E-state index is 13.8. The molecule has 2 heterocycles. The number of pyridine rings is 1. The number of methoxy groups -OCH3 is 1. The summed E-state index contributed by atoms with van der Waals surface area (Å²) in [5.41, 5.74) is 5.57. The second-order valence-corrected chi connectivity index (χ2v) is 10.3. The van der Waals surface area contributed by atoms with Crippen molar-refractivity contribution in [3.05, 3.63) is 111 Å². The Morgan fingerprint density at radius 1 is 1.03 bits per heavy atom. The highest BCUT2D eigenvalue weighted by Crippen LogP contribution is 2.47. The summed E-state index contributed by atoms with van der Waals surface area (Å²) in [4.78, 5) is 31.9. The molecule has 2 aliphatic rings. The molecule has 0 radical (unpaired) electrons. The Morgan fingerprint density at radius 2 is 1.78 bits per heavy atom. The van der Waals surface area contributed by atoms with E-state index in [0.29, 0.717) is 29.8 Å². The summed E-state index contributed by atoms with van der Waals surface area (Å²) in [6.45, 7) is 3.77. The van der Waals surface area contributed by atoms with E-state index in [0.717, 1.165) is 38.4 Å². The number of Topliss-reactive ketones (excluding diaryl/α,β-unsaturated/α-hetero) is 1. The van der Waals surface area contributed by atoms with Gasteiger partial charge in [0.15, 0.2) is 5.78 Å². The van der Waals surface area contributed by atoms with Gasteiger partial charge in [-0.1, -0.05) is 52.3 Å². The van der Waals surface area contributed by atoms with E-state index in [4.69, 9.17) is 4.74 Å². The van der Waals surface area contributed by atoms with Gasteiger partial charge in [0.25, 0.3) is 5.91 Å². The lowest BCUT2D eigenvalue weighted by Gasteiger charge is -2.37. The van der Waals surface area contributed by atoms with Gasteiger partial charge in [-0.2, -0.15) is 0 Å². The first-order valence-electron chi connectivity index (χ1n) is 12.2. The van der Waals surface area contributed by atoms with Crippen LogP contribution in [0.5, 0.6) is 5.75 Å². The van der Waals surface area contributed by atoms with E-state index in [-0.39, 0.29) is 17.6 Å². The summed E-state index contributed by atoms with van der Waals surface area (Å²) in [7, 11) is 1.64. The Hall–Kier alpha value is -3.71. The van der Waals surface area contributed by atoms with E-state index in [1.165, 1.54) is 0 Å². The van der Waals surface area contributed by atoms with Crippen LogP contribution in [0, 0.1) is 6.92 Å². The minimum Gasteiger partial charge on any atom is -0.497 e. The Morgan fingerprint density at radius 3 is 2.49 bits per heavy atom. The SMILES string of the molecule is COc1ccc(C2CC(=O)C3=C(C2)NC(C)=C(C(=O)Nc2cccc(C)n2)C3c2ccccc2Br)cc1. The molecule has 0 spiro atoms. The molecule has 0 fully saturated rings. The number of carbonyl (C=O) groups excluding carboxylic acids is 2. The number of nitrogens with zero attached hydrogens (tertiary/aromatic N) is 1. The highest BCUT2D eigenvalue weighted by atomic mass is 79.9. The summed E-state index contributed by atoms with van der Waals surface area (Å²) in [5, 5.41) is 6.38. The van der Waals surface area contributed by atoms with Gasteiger partial charge in [0.05, 0.1) is 7.11 Å². The van der Waals surface area contributed by atoms with Crippen LogP contribution in [0.2, 0.25) is 0 Å². The van der Waals surface area contributed by atoms with Crippen LogP contribution in [0.15, 0.2) is 93.7 Å². The number of benzene rings is 2. The number of allylic oxidation sites excluding steroid dienone is 3. The molecule has 2 unspecified atom stereocenters. The van der Waals surface area contributed by atoms with Crippen molar-refractivity contribution in [3.63, 3.8) is 0 Å². The normalized spacial score (nSPS) is 19.3. The summed E-state index contributed by atoms with van der Waals surface area (Å²) >= 11 is 3.67. The topological polar surface area (TPSA) is 80.3 Å². The number of carbonyl (C=O) groups is 2. The zero-order valence-corrected chi connectivity index (χ0v) is 22.6. The summed E-state index contributed by atoms with van der Waals surface area (Å²) in [6.07, 6.45) is 1.06. The predicted molar refractivity (Wildman–Crippen MR) is 147 cm³/mol. The van der Waals surface area contributed by atoms with Crippen LogP contribution in [0.25, 0.3) is 0 Å². The third-order valence-corrected chi connectivity index (χ3v) is 7.73. The number of hydrogen-bond acceptors (Lipinski definition) is 5. The van der Waals surface area contributed by atoms with Crippen LogP contribution < -0.4 is 15.4 Å². The number of dihydropyridines is 1. The second-order valence-electron chi connectivity index (χ2n) is 9.43. The van der Waals surface area contributed by atoms with Gasteiger partial charge in [-0.3, -0.25) is 9.59 Å². The lowest BCUT2D eigenvalue weighted by molar-refractivity contribution is -0.116. The van der Waals surface area contributed by atoms with Crippen molar-refractivity contribution < 1.29 is 14.3 Å². The number of aryl methyl sites for hydroxylation is 1. The molecule has 1 amide bonds. The molecule has 3 aromatic rings. The molecule has 2 N–H and O–H groups in total. The third kappa shape index (κ3) is 4.96.